The van der Waals surface area contributed by atoms with Gasteiger partial charge in [-0.3, -0.25) is 0 Å². The second-order valence-corrected chi connectivity index (χ2v) is 4.66. The summed E-state index contributed by atoms with van der Waals surface area (Å²) in [5.74, 6) is 0.566. The topological polar surface area (TPSA) is 15.3 Å². The number of benzene rings is 1. The van der Waals surface area contributed by atoms with Crippen LogP contribution in [0.3, 0.4) is 0 Å². The number of hydrogen-bond donors (Lipinski definition) is 1. The average Bonchev–Trinajstić information content (AvgIpc) is 2.70. The van der Waals surface area contributed by atoms with Crippen LogP contribution in [0, 0.1) is 0 Å². The normalized spacial score (nSPS) is 20.6. The summed E-state index contributed by atoms with van der Waals surface area (Å²) in [5, 5.41) is 4.29. The highest BCUT2D eigenvalue weighted by atomic mass is 35.5. The zero-order valence-electron chi connectivity index (χ0n) is 9.26. The van der Waals surface area contributed by atoms with E-state index in [1.54, 1.807) is 0 Å². The van der Waals surface area contributed by atoms with Gasteiger partial charge in [0.15, 0.2) is 0 Å². The quantitative estimate of drug-likeness (QED) is 0.831. The smallest absolute Gasteiger partial charge is 0.0461 e. The van der Waals surface area contributed by atoms with E-state index in [2.05, 4.69) is 30.4 Å². The van der Waals surface area contributed by atoms with Gasteiger partial charge in [-0.05, 0) is 30.7 Å². The Morgan fingerprint density at radius 1 is 1.40 bits per heavy atom. The third kappa shape index (κ3) is 2.11. The van der Waals surface area contributed by atoms with Crippen molar-refractivity contribution in [2.75, 3.05) is 32.1 Å². The Balaban J connectivity index is 2.41. The van der Waals surface area contributed by atoms with Gasteiger partial charge in [-0.1, -0.05) is 17.7 Å². The molecule has 1 N–H and O–H groups in total. The Hall–Kier alpha value is -0.730. The molecular weight excluding hydrogens is 208 g/mol. The van der Waals surface area contributed by atoms with E-state index >= 15 is 0 Å². The third-order valence-corrected chi connectivity index (χ3v) is 3.31. The molecule has 1 heterocycles. The highest BCUT2D eigenvalue weighted by Gasteiger charge is 2.22. The van der Waals surface area contributed by atoms with Crippen molar-refractivity contribution in [3.05, 3.63) is 28.8 Å². The summed E-state index contributed by atoms with van der Waals surface area (Å²) in [4.78, 5) is 2.14. The van der Waals surface area contributed by atoms with Crippen LogP contribution in [0.15, 0.2) is 18.2 Å². The van der Waals surface area contributed by atoms with E-state index in [9.17, 15) is 0 Å². The van der Waals surface area contributed by atoms with Gasteiger partial charge < -0.3 is 10.2 Å². The molecule has 1 aromatic rings. The minimum Gasteiger partial charge on any atom is -0.377 e. The molecule has 0 aromatic heterocycles. The fourth-order valence-corrected chi connectivity index (χ4v) is 2.54. The molecule has 3 heteroatoms. The second-order valence-electron chi connectivity index (χ2n) is 4.26. The Kier molecular flexibility index (Phi) is 3.17. The van der Waals surface area contributed by atoms with E-state index in [0.717, 1.165) is 18.1 Å². The van der Waals surface area contributed by atoms with Gasteiger partial charge in [0, 0.05) is 37.3 Å². The molecule has 1 aliphatic rings. The predicted molar refractivity (Wildman–Crippen MR) is 66.0 cm³/mol. The van der Waals surface area contributed by atoms with Crippen LogP contribution in [0.1, 0.15) is 17.9 Å². The standard InChI is InChI=1S/C12H17ClN2/c1-15(2)11-5-3-4-10(13)12(11)9-6-7-14-8-9/h3-5,9,14H,6-8H2,1-2H3. The van der Waals surface area contributed by atoms with Crippen LogP contribution in [-0.4, -0.2) is 27.2 Å². The van der Waals surface area contributed by atoms with Gasteiger partial charge in [0.1, 0.15) is 0 Å². The van der Waals surface area contributed by atoms with Gasteiger partial charge in [0.25, 0.3) is 0 Å². The molecule has 1 fully saturated rings. The van der Waals surface area contributed by atoms with Gasteiger partial charge in [0.05, 0.1) is 0 Å². The first-order chi connectivity index (χ1) is 7.20. The minimum atomic E-state index is 0.566. The number of anilines is 1. The monoisotopic (exact) mass is 224 g/mol. The summed E-state index contributed by atoms with van der Waals surface area (Å²) < 4.78 is 0. The second kappa shape index (κ2) is 4.42. The Morgan fingerprint density at radius 2 is 2.20 bits per heavy atom. The molecule has 2 rings (SSSR count). The molecule has 0 radical (unpaired) electrons. The van der Waals surface area contributed by atoms with Crippen molar-refractivity contribution < 1.29 is 0 Å². The highest BCUT2D eigenvalue weighted by molar-refractivity contribution is 6.31. The number of rotatable bonds is 2. The maximum Gasteiger partial charge on any atom is 0.0461 e. The van der Waals surface area contributed by atoms with Crippen molar-refractivity contribution in [1.82, 2.24) is 5.32 Å². The summed E-state index contributed by atoms with van der Waals surface area (Å²) in [6, 6.07) is 6.14. The first kappa shape index (κ1) is 10.8. The van der Waals surface area contributed by atoms with Gasteiger partial charge in [0.2, 0.25) is 0 Å². The SMILES string of the molecule is CN(C)c1cccc(Cl)c1C1CCNC1. The maximum atomic E-state index is 6.30. The van der Waals surface area contributed by atoms with E-state index in [0.29, 0.717) is 5.92 Å². The number of halogens is 1. The first-order valence-corrected chi connectivity index (χ1v) is 5.74. The number of hydrogen-bond acceptors (Lipinski definition) is 2. The molecule has 15 heavy (non-hydrogen) atoms. The maximum absolute atomic E-state index is 6.30. The van der Waals surface area contributed by atoms with Crippen molar-refractivity contribution in [3.63, 3.8) is 0 Å². The van der Waals surface area contributed by atoms with Crippen molar-refractivity contribution in [3.8, 4) is 0 Å². The Bertz CT molecular complexity index is 343. The Labute approximate surface area is 96.2 Å². The first-order valence-electron chi connectivity index (χ1n) is 5.36. The highest BCUT2D eigenvalue weighted by Crippen LogP contribution is 2.35. The largest absolute Gasteiger partial charge is 0.377 e. The molecule has 0 aliphatic carbocycles. The van der Waals surface area contributed by atoms with Crippen molar-refractivity contribution in [2.45, 2.75) is 12.3 Å². The molecule has 1 saturated heterocycles. The van der Waals surface area contributed by atoms with Crippen molar-refractivity contribution in [1.29, 1.82) is 0 Å². The van der Waals surface area contributed by atoms with E-state index in [1.807, 2.05) is 12.1 Å². The van der Waals surface area contributed by atoms with Gasteiger partial charge in [-0.2, -0.15) is 0 Å². The van der Waals surface area contributed by atoms with Crippen molar-refractivity contribution >= 4 is 17.3 Å². The summed E-state index contributed by atoms with van der Waals surface area (Å²) in [6.07, 6.45) is 1.19. The van der Waals surface area contributed by atoms with Gasteiger partial charge in [-0.25, -0.2) is 0 Å². The predicted octanol–water partition coefficient (Wildman–Crippen LogP) is 2.48. The number of nitrogens with zero attached hydrogens (tertiary/aromatic N) is 1. The van der Waals surface area contributed by atoms with Crippen LogP contribution >= 0.6 is 11.6 Å². The molecule has 0 spiro atoms. The summed E-state index contributed by atoms with van der Waals surface area (Å²) in [5.41, 5.74) is 2.55. The van der Waals surface area contributed by atoms with Crippen LogP contribution in [-0.2, 0) is 0 Å². The van der Waals surface area contributed by atoms with Crippen LogP contribution in [0.25, 0.3) is 0 Å². The van der Waals surface area contributed by atoms with E-state index in [-0.39, 0.29) is 0 Å². The van der Waals surface area contributed by atoms with Crippen molar-refractivity contribution in [2.24, 2.45) is 0 Å². The summed E-state index contributed by atoms with van der Waals surface area (Å²) in [7, 11) is 4.13. The molecular formula is C12H17ClN2. The molecule has 1 atom stereocenters. The average molecular weight is 225 g/mol. The fourth-order valence-electron chi connectivity index (χ4n) is 2.22. The fraction of sp³-hybridized carbons (Fsp3) is 0.500. The van der Waals surface area contributed by atoms with E-state index in [4.69, 9.17) is 11.6 Å². The Morgan fingerprint density at radius 3 is 2.80 bits per heavy atom. The molecule has 0 amide bonds. The lowest BCUT2D eigenvalue weighted by molar-refractivity contribution is 0.761. The number of nitrogens with one attached hydrogen (secondary N) is 1. The van der Waals surface area contributed by atoms with Crippen LogP contribution in [0.4, 0.5) is 5.69 Å². The molecule has 82 valence electrons. The zero-order valence-corrected chi connectivity index (χ0v) is 10.0. The van der Waals surface area contributed by atoms with E-state index in [1.165, 1.54) is 17.7 Å². The van der Waals surface area contributed by atoms with Crippen LogP contribution < -0.4 is 10.2 Å². The van der Waals surface area contributed by atoms with Gasteiger partial charge in [-0.15, -0.1) is 0 Å². The lowest BCUT2D eigenvalue weighted by Gasteiger charge is -2.22. The zero-order chi connectivity index (χ0) is 10.8. The molecule has 1 aliphatic heterocycles. The molecule has 1 aromatic carbocycles. The molecule has 0 bridgehead atoms. The van der Waals surface area contributed by atoms with Gasteiger partial charge >= 0.3 is 0 Å². The lowest BCUT2D eigenvalue weighted by atomic mass is 9.96. The lowest BCUT2D eigenvalue weighted by Crippen LogP contribution is -2.15. The molecule has 0 saturated carbocycles. The summed E-state index contributed by atoms with van der Waals surface area (Å²) >= 11 is 6.30. The van der Waals surface area contributed by atoms with Crippen LogP contribution in [0.2, 0.25) is 5.02 Å². The summed E-state index contributed by atoms with van der Waals surface area (Å²) in [6.45, 7) is 2.15. The van der Waals surface area contributed by atoms with E-state index < -0.39 is 0 Å². The van der Waals surface area contributed by atoms with Crippen LogP contribution in [0.5, 0.6) is 0 Å². The minimum absolute atomic E-state index is 0.566. The molecule has 1 unspecified atom stereocenters. The molecule has 2 nitrogen and oxygen atoms in total. The third-order valence-electron chi connectivity index (χ3n) is 2.98.